The zero-order valence-electron chi connectivity index (χ0n) is 19.7. The number of para-hydroxylation sites is 2. The van der Waals surface area contributed by atoms with E-state index in [4.69, 9.17) is 4.98 Å². The topological polar surface area (TPSA) is 91.0 Å². The molecule has 3 heterocycles. The molecule has 180 valence electrons. The molecule has 1 N–H and O–H groups in total. The zero-order chi connectivity index (χ0) is 25.1. The van der Waals surface area contributed by atoms with Crippen molar-refractivity contribution in [1.82, 2.24) is 14.5 Å². The number of imidazole rings is 1. The van der Waals surface area contributed by atoms with Crippen LogP contribution in [0.4, 0.5) is 5.95 Å². The number of aromatic nitrogens is 2. The summed E-state index contributed by atoms with van der Waals surface area (Å²) in [6.07, 6.45) is 3.87. The lowest BCUT2D eigenvalue weighted by atomic mass is 10.1. The number of benzene rings is 2. The molecule has 0 aliphatic carbocycles. The van der Waals surface area contributed by atoms with Gasteiger partial charge in [-0.2, -0.15) is 5.26 Å². The lowest BCUT2D eigenvalue weighted by Gasteiger charge is -2.21. The van der Waals surface area contributed by atoms with Gasteiger partial charge in [0.25, 0.3) is 5.91 Å². The fourth-order valence-corrected chi connectivity index (χ4v) is 5.61. The Kier molecular flexibility index (Phi) is 6.65. The zero-order valence-corrected chi connectivity index (χ0v) is 20.5. The predicted octanol–water partition coefficient (Wildman–Crippen LogP) is 5.63. The summed E-state index contributed by atoms with van der Waals surface area (Å²) < 4.78 is 2.11. The summed E-state index contributed by atoms with van der Waals surface area (Å²) in [6.45, 7) is 4.94. The van der Waals surface area contributed by atoms with Gasteiger partial charge in [0.05, 0.1) is 27.5 Å². The third kappa shape index (κ3) is 4.66. The van der Waals surface area contributed by atoms with Gasteiger partial charge in [-0.15, -0.1) is 11.3 Å². The van der Waals surface area contributed by atoms with Gasteiger partial charge in [0.2, 0.25) is 11.9 Å². The molecular formula is C28H25N5O2S. The molecule has 0 spiro atoms. The predicted molar refractivity (Wildman–Crippen MR) is 142 cm³/mol. The molecule has 0 saturated carbocycles. The van der Waals surface area contributed by atoms with Crippen LogP contribution in [0.5, 0.6) is 0 Å². The van der Waals surface area contributed by atoms with E-state index in [1.807, 2.05) is 53.4 Å². The number of thiophene rings is 1. The molecule has 5 rings (SSSR count). The molecule has 1 aliphatic rings. The Balaban J connectivity index is 1.42. The van der Waals surface area contributed by atoms with Gasteiger partial charge in [0.15, 0.2) is 0 Å². The van der Waals surface area contributed by atoms with Crippen LogP contribution in [0.25, 0.3) is 21.5 Å². The SMILES string of the molecule is C=CC(=O)N1CCC[C@@H](n2c(NC(=O)c3ccc(-c4cccc(C#N)c4)s3)nc3ccccc32)CC1. The number of fused-ring (bicyclic) bond motifs is 1. The summed E-state index contributed by atoms with van der Waals surface area (Å²) in [7, 11) is 0. The number of amides is 2. The summed E-state index contributed by atoms with van der Waals surface area (Å²) in [5, 5.41) is 12.2. The third-order valence-electron chi connectivity index (χ3n) is 6.48. The minimum Gasteiger partial charge on any atom is -0.339 e. The second-order valence-electron chi connectivity index (χ2n) is 8.72. The average Bonchev–Trinajstić information content (AvgIpc) is 3.47. The number of hydrogen-bond donors (Lipinski definition) is 1. The van der Waals surface area contributed by atoms with Crippen LogP contribution < -0.4 is 5.32 Å². The highest BCUT2D eigenvalue weighted by atomic mass is 32.1. The first-order valence-corrected chi connectivity index (χ1v) is 12.7. The summed E-state index contributed by atoms with van der Waals surface area (Å²) in [5.41, 5.74) is 3.26. The van der Waals surface area contributed by atoms with Crippen molar-refractivity contribution in [2.45, 2.75) is 25.3 Å². The van der Waals surface area contributed by atoms with Crippen LogP contribution in [-0.4, -0.2) is 39.4 Å². The van der Waals surface area contributed by atoms with Crippen molar-refractivity contribution in [3.8, 4) is 16.5 Å². The molecule has 7 nitrogen and oxygen atoms in total. The van der Waals surface area contributed by atoms with Crippen molar-refractivity contribution in [2.75, 3.05) is 18.4 Å². The van der Waals surface area contributed by atoms with Crippen LogP contribution in [0.15, 0.2) is 73.3 Å². The van der Waals surface area contributed by atoms with E-state index in [0.29, 0.717) is 29.5 Å². The van der Waals surface area contributed by atoms with E-state index >= 15 is 0 Å². The first-order valence-electron chi connectivity index (χ1n) is 11.9. The van der Waals surface area contributed by atoms with Gasteiger partial charge >= 0.3 is 0 Å². The summed E-state index contributed by atoms with van der Waals surface area (Å²) >= 11 is 1.38. The second kappa shape index (κ2) is 10.2. The molecule has 0 radical (unpaired) electrons. The van der Waals surface area contributed by atoms with Crippen molar-refractivity contribution in [3.05, 3.63) is 83.8 Å². The van der Waals surface area contributed by atoms with Crippen LogP contribution in [0.1, 0.15) is 40.5 Å². The largest absolute Gasteiger partial charge is 0.339 e. The quantitative estimate of drug-likeness (QED) is 0.363. The highest BCUT2D eigenvalue weighted by molar-refractivity contribution is 7.17. The number of nitrogens with zero attached hydrogens (tertiary/aromatic N) is 4. The van der Waals surface area contributed by atoms with Crippen LogP contribution in [0.2, 0.25) is 0 Å². The molecule has 0 bridgehead atoms. The van der Waals surface area contributed by atoms with E-state index in [1.165, 1.54) is 17.4 Å². The standard InChI is InChI=1S/C28H25N5O2S/c1-2-26(34)32-15-6-9-21(14-16-32)33-23-11-4-3-10-22(23)30-28(33)31-27(35)25-13-12-24(36-25)20-8-5-7-19(17-20)18-29/h2-5,7-8,10-13,17,21H,1,6,9,14-16H2,(H,30,31,35)/t21-/m1/s1. The Morgan fingerprint density at radius 3 is 2.81 bits per heavy atom. The van der Waals surface area contributed by atoms with E-state index in [-0.39, 0.29) is 17.9 Å². The molecule has 36 heavy (non-hydrogen) atoms. The van der Waals surface area contributed by atoms with Gasteiger partial charge in [-0.05, 0) is 67.3 Å². The summed E-state index contributed by atoms with van der Waals surface area (Å²) in [6, 6.07) is 21.2. The number of nitriles is 1. The maximum atomic E-state index is 13.3. The van der Waals surface area contributed by atoms with E-state index in [0.717, 1.165) is 40.7 Å². The molecule has 0 unspecified atom stereocenters. The van der Waals surface area contributed by atoms with Crippen LogP contribution in [-0.2, 0) is 4.79 Å². The molecule has 8 heteroatoms. The van der Waals surface area contributed by atoms with Gasteiger partial charge in [-0.1, -0.05) is 30.8 Å². The number of anilines is 1. The fourth-order valence-electron chi connectivity index (χ4n) is 4.71. The molecule has 2 aromatic carbocycles. The maximum Gasteiger partial charge on any atom is 0.268 e. The number of nitrogens with one attached hydrogen (secondary N) is 1. The van der Waals surface area contributed by atoms with E-state index in [2.05, 4.69) is 22.5 Å². The Labute approximate surface area is 213 Å². The highest BCUT2D eigenvalue weighted by Crippen LogP contribution is 2.33. The molecule has 1 saturated heterocycles. The Bertz CT molecular complexity index is 1500. The normalized spacial score (nSPS) is 15.8. The van der Waals surface area contributed by atoms with Crippen LogP contribution in [0.3, 0.4) is 0 Å². The summed E-state index contributed by atoms with van der Waals surface area (Å²) in [4.78, 5) is 33.5. The Morgan fingerprint density at radius 1 is 1.11 bits per heavy atom. The highest BCUT2D eigenvalue weighted by Gasteiger charge is 2.25. The molecule has 1 atom stereocenters. The first-order chi connectivity index (χ1) is 17.6. The lowest BCUT2D eigenvalue weighted by Crippen LogP contribution is -2.30. The Morgan fingerprint density at radius 2 is 1.97 bits per heavy atom. The smallest absolute Gasteiger partial charge is 0.268 e. The van der Waals surface area contributed by atoms with Gasteiger partial charge in [-0.25, -0.2) is 4.98 Å². The monoisotopic (exact) mass is 495 g/mol. The maximum absolute atomic E-state index is 13.3. The molecule has 2 amide bonds. The summed E-state index contributed by atoms with van der Waals surface area (Å²) in [5.74, 6) is 0.237. The van der Waals surface area contributed by atoms with Crippen molar-refractivity contribution in [3.63, 3.8) is 0 Å². The fraction of sp³-hybridized carbons (Fsp3) is 0.214. The van der Waals surface area contributed by atoms with Crippen LogP contribution in [0, 0.1) is 11.3 Å². The van der Waals surface area contributed by atoms with Gasteiger partial charge in [0.1, 0.15) is 0 Å². The van der Waals surface area contributed by atoms with Crippen LogP contribution >= 0.6 is 11.3 Å². The molecular weight excluding hydrogens is 470 g/mol. The number of hydrogen-bond acceptors (Lipinski definition) is 5. The van der Waals surface area contributed by atoms with Crippen molar-refractivity contribution < 1.29 is 9.59 Å². The van der Waals surface area contributed by atoms with Crippen molar-refractivity contribution in [2.24, 2.45) is 0 Å². The number of carbonyl (C=O) groups excluding carboxylic acids is 2. The third-order valence-corrected chi connectivity index (χ3v) is 7.61. The van der Waals surface area contributed by atoms with Crippen molar-refractivity contribution in [1.29, 1.82) is 5.26 Å². The first kappa shape index (κ1) is 23.5. The van der Waals surface area contributed by atoms with Gasteiger partial charge in [0, 0.05) is 24.0 Å². The van der Waals surface area contributed by atoms with Crippen molar-refractivity contribution >= 4 is 40.1 Å². The average molecular weight is 496 g/mol. The van der Waals surface area contributed by atoms with Gasteiger partial charge < -0.3 is 9.47 Å². The van der Waals surface area contributed by atoms with E-state index in [9.17, 15) is 14.9 Å². The van der Waals surface area contributed by atoms with Gasteiger partial charge in [-0.3, -0.25) is 14.9 Å². The molecule has 2 aromatic heterocycles. The minimum absolute atomic E-state index is 0.0477. The molecule has 4 aromatic rings. The lowest BCUT2D eigenvalue weighted by molar-refractivity contribution is -0.125. The number of rotatable bonds is 5. The van der Waals surface area contributed by atoms with E-state index in [1.54, 1.807) is 12.1 Å². The number of likely N-dealkylation sites (tertiary alicyclic amines) is 1. The number of carbonyl (C=O) groups is 2. The minimum atomic E-state index is -0.226. The second-order valence-corrected chi connectivity index (χ2v) is 9.80. The molecule has 1 aliphatic heterocycles. The molecule has 1 fully saturated rings. The van der Waals surface area contributed by atoms with E-state index < -0.39 is 0 Å². The Hall–Kier alpha value is -4.22.